The van der Waals surface area contributed by atoms with Crippen LogP contribution >= 0.6 is 0 Å². The van der Waals surface area contributed by atoms with E-state index in [2.05, 4.69) is 10.1 Å². The zero-order valence-corrected chi connectivity index (χ0v) is 9.42. The van der Waals surface area contributed by atoms with Gasteiger partial charge in [0.15, 0.2) is 5.78 Å². The third-order valence-corrected chi connectivity index (χ3v) is 2.48. The van der Waals surface area contributed by atoms with Gasteiger partial charge < -0.3 is 4.57 Å². The van der Waals surface area contributed by atoms with E-state index in [4.69, 9.17) is 0 Å². The molecule has 0 N–H and O–H groups in total. The molecule has 0 saturated heterocycles. The topological polar surface area (TPSA) is 52.7 Å². The summed E-state index contributed by atoms with van der Waals surface area (Å²) in [4.78, 5) is 15.3. The first kappa shape index (κ1) is 10.6. The molecule has 0 aliphatic rings. The van der Waals surface area contributed by atoms with E-state index >= 15 is 0 Å². The zero-order valence-electron chi connectivity index (χ0n) is 9.42. The van der Waals surface area contributed by atoms with Crippen molar-refractivity contribution >= 4 is 5.78 Å². The zero-order chi connectivity index (χ0) is 11.5. The largest absolute Gasteiger partial charge is 0.346 e. The van der Waals surface area contributed by atoms with E-state index in [9.17, 15) is 4.79 Å². The number of carbonyl (C=O) groups excluding carboxylic acids is 1. The first-order valence-corrected chi connectivity index (χ1v) is 5.24. The Labute approximate surface area is 93.7 Å². The number of hydrogen-bond acceptors (Lipinski definition) is 3. The van der Waals surface area contributed by atoms with Gasteiger partial charge in [-0.3, -0.25) is 4.79 Å². The van der Waals surface area contributed by atoms with Gasteiger partial charge in [0.1, 0.15) is 12.2 Å². The number of Topliss-reactive ketones (excluding diaryl/α,β-unsaturated/α-hetero) is 1. The summed E-state index contributed by atoms with van der Waals surface area (Å²) in [5.74, 6) is 0.976. The highest BCUT2D eigenvalue weighted by molar-refractivity contribution is 5.93. The summed E-state index contributed by atoms with van der Waals surface area (Å²) < 4.78 is 3.78. The quantitative estimate of drug-likeness (QED) is 0.728. The summed E-state index contributed by atoms with van der Waals surface area (Å²) in [6.07, 6.45) is 5.26. The van der Waals surface area contributed by atoms with Crippen LogP contribution in [0.15, 0.2) is 24.8 Å². The SMILES string of the molecule is CCn1ncnc1Cn1ccc(C(C)=O)c1. The van der Waals surface area contributed by atoms with Crippen LogP contribution in [0.4, 0.5) is 0 Å². The molecule has 5 heteroatoms. The normalized spacial score (nSPS) is 10.6. The van der Waals surface area contributed by atoms with Crippen LogP contribution in [0.1, 0.15) is 30.0 Å². The highest BCUT2D eigenvalue weighted by atomic mass is 16.1. The Balaban J connectivity index is 2.17. The molecule has 0 bridgehead atoms. The van der Waals surface area contributed by atoms with Crippen LogP contribution in [0.2, 0.25) is 0 Å². The van der Waals surface area contributed by atoms with E-state index in [-0.39, 0.29) is 5.78 Å². The Bertz CT molecular complexity index is 498. The lowest BCUT2D eigenvalue weighted by atomic mass is 10.2. The Morgan fingerprint density at radius 3 is 2.94 bits per heavy atom. The molecule has 0 spiro atoms. The number of ketones is 1. The van der Waals surface area contributed by atoms with Crippen LogP contribution in [0.3, 0.4) is 0 Å². The molecule has 5 nitrogen and oxygen atoms in total. The molecule has 0 aliphatic heterocycles. The molecular weight excluding hydrogens is 204 g/mol. The number of nitrogens with zero attached hydrogens (tertiary/aromatic N) is 4. The minimum absolute atomic E-state index is 0.0794. The van der Waals surface area contributed by atoms with Gasteiger partial charge in [0.05, 0.1) is 6.54 Å². The summed E-state index contributed by atoms with van der Waals surface area (Å²) in [5.41, 5.74) is 0.725. The van der Waals surface area contributed by atoms with Gasteiger partial charge in [-0.1, -0.05) is 0 Å². The lowest BCUT2D eigenvalue weighted by Gasteiger charge is -2.03. The predicted octanol–water partition coefficient (Wildman–Crippen LogP) is 1.35. The third kappa shape index (κ3) is 2.03. The first-order valence-electron chi connectivity index (χ1n) is 5.24. The van der Waals surface area contributed by atoms with Crippen LogP contribution in [0.25, 0.3) is 0 Å². The van der Waals surface area contributed by atoms with Crippen molar-refractivity contribution in [3.8, 4) is 0 Å². The molecule has 0 amide bonds. The molecular formula is C11H14N4O. The molecule has 2 aromatic rings. The fourth-order valence-corrected chi connectivity index (χ4v) is 1.59. The molecule has 0 aromatic carbocycles. The molecule has 2 aromatic heterocycles. The maximum absolute atomic E-state index is 11.1. The first-order chi connectivity index (χ1) is 7.70. The lowest BCUT2D eigenvalue weighted by molar-refractivity contribution is 0.101. The average Bonchev–Trinajstić information content (AvgIpc) is 2.87. The van der Waals surface area contributed by atoms with E-state index in [1.54, 1.807) is 13.3 Å². The summed E-state index contributed by atoms with van der Waals surface area (Å²) in [6, 6.07) is 1.81. The molecule has 0 aliphatic carbocycles. The second kappa shape index (κ2) is 4.30. The Morgan fingerprint density at radius 2 is 2.31 bits per heavy atom. The highest BCUT2D eigenvalue weighted by Gasteiger charge is 2.05. The number of aryl methyl sites for hydroxylation is 1. The van der Waals surface area contributed by atoms with Crippen molar-refractivity contribution in [2.75, 3.05) is 0 Å². The summed E-state index contributed by atoms with van der Waals surface area (Å²) in [7, 11) is 0. The smallest absolute Gasteiger partial charge is 0.161 e. The molecule has 0 unspecified atom stereocenters. The van der Waals surface area contributed by atoms with E-state index in [1.165, 1.54) is 0 Å². The van der Waals surface area contributed by atoms with Gasteiger partial charge in [-0.15, -0.1) is 0 Å². The van der Waals surface area contributed by atoms with Gasteiger partial charge in [-0.25, -0.2) is 9.67 Å². The lowest BCUT2D eigenvalue weighted by Crippen LogP contribution is -2.07. The van der Waals surface area contributed by atoms with Gasteiger partial charge in [0.2, 0.25) is 0 Å². The van der Waals surface area contributed by atoms with Crippen molar-refractivity contribution in [2.45, 2.75) is 26.9 Å². The molecule has 0 fully saturated rings. The molecule has 16 heavy (non-hydrogen) atoms. The average molecular weight is 218 g/mol. The molecule has 0 atom stereocenters. The standard InChI is InChI=1S/C11H14N4O/c1-3-15-11(12-8-13-15)7-14-5-4-10(6-14)9(2)16/h4-6,8H,3,7H2,1-2H3. The summed E-state index contributed by atoms with van der Waals surface area (Å²) in [5, 5.41) is 4.10. The minimum Gasteiger partial charge on any atom is -0.346 e. The van der Waals surface area contributed by atoms with Crippen LogP contribution in [0, 0.1) is 0 Å². The number of carbonyl (C=O) groups is 1. The fraction of sp³-hybridized carbons (Fsp3) is 0.364. The van der Waals surface area contributed by atoms with Gasteiger partial charge in [-0.2, -0.15) is 5.10 Å². The van der Waals surface area contributed by atoms with Crippen LogP contribution in [0.5, 0.6) is 0 Å². The number of rotatable bonds is 4. The van der Waals surface area contributed by atoms with Crippen LogP contribution in [-0.2, 0) is 13.1 Å². The Hall–Kier alpha value is -1.91. The van der Waals surface area contributed by atoms with Crippen molar-refractivity contribution < 1.29 is 4.79 Å². The molecule has 2 heterocycles. The number of aromatic nitrogens is 4. The van der Waals surface area contributed by atoms with Gasteiger partial charge in [0, 0.05) is 24.5 Å². The Kier molecular flexibility index (Phi) is 2.85. The minimum atomic E-state index is 0.0794. The number of hydrogen-bond donors (Lipinski definition) is 0. The highest BCUT2D eigenvalue weighted by Crippen LogP contribution is 2.05. The van der Waals surface area contributed by atoms with Gasteiger partial charge >= 0.3 is 0 Å². The summed E-state index contributed by atoms with van der Waals surface area (Å²) in [6.45, 7) is 5.03. The van der Waals surface area contributed by atoms with Crippen molar-refractivity contribution in [1.29, 1.82) is 0 Å². The van der Waals surface area contributed by atoms with Gasteiger partial charge in [0.25, 0.3) is 0 Å². The van der Waals surface area contributed by atoms with Crippen molar-refractivity contribution in [3.05, 3.63) is 36.2 Å². The predicted molar refractivity (Wildman–Crippen MR) is 59.2 cm³/mol. The van der Waals surface area contributed by atoms with E-state index in [0.29, 0.717) is 6.54 Å². The second-order valence-electron chi connectivity index (χ2n) is 3.62. The summed E-state index contributed by atoms with van der Waals surface area (Å²) >= 11 is 0. The van der Waals surface area contributed by atoms with Gasteiger partial charge in [-0.05, 0) is 19.9 Å². The maximum atomic E-state index is 11.1. The maximum Gasteiger partial charge on any atom is 0.161 e. The molecule has 2 rings (SSSR count). The third-order valence-electron chi connectivity index (χ3n) is 2.48. The molecule has 0 saturated carbocycles. The van der Waals surface area contributed by atoms with Crippen LogP contribution in [-0.4, -0.2) is 25.1 Å². The van der Waals surface area contributed by atoms with Crippen LogP contribution < -0.4 is 0 Å². The van der Waals surface area contributed by atoms with Crippen molar-refractivity contribution in [3.63, 3.8) is 0 Å². The second-order valence-corrected chi connectivity index (χ2v) is 3.62. The monoisotopic (exact) mass is 218 g/mol. The van der Waals surface area contributed by atoms with E-state index < -0.39 is 0 Å². The van der Waals surface area contributed by atoms with Crippen molar-refractivity contribution in [2.24, 2.45) is 0 Å². The van der Waals surface area contributed by atoms with E-state index in [1.807, 2.05) is 34.6 Å². The fourth-order valence-electron chi connectivity index (χ4n) is 1.59. The molecule has 84 valence electrons. The van der Waals surface area contributed by atoms with Crippen molar-refractivity contribution in [1.82, 2.24) is 19.3 Å². The Morgan fingerprint density at radius 1 is 1.50 bits per heavy atom. The molecule has 0 radical (unpaired) electrons. The van der Waals surface area contributed by atoms with E-state index in [0.717, 1.165) is 17.9 Å².